The highest BCUT2D eigenvalue weighted by atomic mass is 16.3. The second-order valence-corrected chi connectivity index (χ2v) is 3.96. The Hall–Kier alpha value is -2.40. The minimum absolute atomic E-state index is 0.100. The van der Waals surface area contributed by atoms with Crippen LogP contribution in [0.4, 0.5) is 0 Å². The summed E-state index contributed by atoms with van der Waals surface area (Å²) < 4.78 is 0. The Kier molecular flexibility index (Phi) is 2.28. The van der Waals surface area contributed by atoms with Crippen LogP contribution in [0.2, 0.25) is 0 Å². The van der Waals surface area contributed by atoms with Crippen molar-refractivity contribution in [1.29, 1.82) is 0 Å². The molecule has 0 saturated carbocycles. The van der Waals surface area contributed by atoms with Crippen LogP contribution in [-0.4, -0.2) is 26.6 Å². The average molecular weight is 240 g/mol. The Labute approximate surface area is 102 Å². The van der Waals surface area contributed by atoms with Crippen LogP contribution >= 0.6 is 0 Å². The van der Waals surface area contributed by atoms with Gasteiger partial charge >= 0.3 is 0 Å². The molecule has 0 aliphatic heterocycles. The largest absolute Gasteiger partial charge is 0.392 e. The van der Waals surface area contributed by atoms with E-state index in [4.69, 9.17) is 5.11 Å². The fourth-order valence-corrected chi connectivity index (χ4v) is 1.98. The first kappa shape index (κ1) is 10.7. The summed E-state index contributed by atoms with van der Waals surface area (Å²) >= 11 is 0. The maximum absolute atomic E-state index is 12.2. The van der Waals surface area contributed by atoms with Gasteiger partial charge in [0.05, 0.1) is 17.7 Å². The molecule has 5 nitrogen and oxygen atoms in total. The molecule has 0 amide bonds. The summed E-state index contributed by atoms with van der Waals surface area (Å²) in [7, 11) is 0. The summed E-state index contributed by atoms with van der Waals surface area (Å²) in [4.78, 5) is 32.2. The van der Waals surface area contributed by atoms with Gasteiger partial charge in [-0.2, -0.15) is 0 Å². The smallest absolute Gasteiger partial charge is 0.231 e. The van der Waals surface area contributed by atoms with Crippen molar-refractivity contribution in [3.8, 4) is 0 Å². The van der Waals surface area contributed by atoms with E-state index < -0.39 is 0 Å². The Morgan fingerprint density at radius 3 is 2.61 bits per heavy atom. The van der Waals surface area contributed by atoms with Crippen LogP contribution < -0.4 is 0 Å². The Balaban J connectivity index is 2.27. The molecule has 3 rings (SSSR count). The number of aliphatic hydroxyl groups excluding tert-OH is 1. The van der Waals surface area contributed by atoms with Crippen LogP contribution in [0.25, 0.3) is 0 Å². The summed E-state index contributed by atoms with van der Waals surface area (Å²) in [5.41, 5.74) is 1.25. The van der Waals surface area contributed by atoms with E-state index in [9.17, 15) is 9.59 Å². The molecule has 0 spiro atoms. The second-order valence-electron chi connectivity index (χ2n) is 3.96. The van der Waals surface area contributed by atoms with Gasteiger partial charge in [-0.05, 0) is 23.8 Å². The minimum atomic E-state index is -0.357. The third-order valence-corrected chi connectivity index (χ3v) is 2.85. The predicted octanol–water partition coefficient (Wildman–Crippen LogP) is 0.744. The highest BCUT2D eigenvalue weighted by Gasteiger charge is 2.31. The van der Waals surface area contributed by atoms with Crippen molar-refractivity contribution < 1.29 is 14.7 Å². The van der Waals surface area contributed by atoms with Gasteiger partial charge in [-0.25, -0.2) is 0 Å². The number of aliphatic hydroxyl groups is 1. The summed E-state index contributed by atoms with van der Waals surface area (Å²) in [5.74, 6) is -0.639. The van der Waals surface area contributed by atoms with Crippen LogP contribution in [0.5, 0.6) is 0 Å². The molecule has 2 aromatic heterocycles. The number of hydrogen-bond acceptors (Lipinski definition) is 5. The fourth-order valence-electron chi connectivity index (χ4n) is 1.98. The Morgan fingerprint density at radius 2 is 1.83 bits per heavy atom. The van der Waals surface area contributed by atoms with E-state index in [0.717, 1.165) is 0 Å². The second kappa shape index (κ2) is 3.82. The van der Waals surface area contributed by atoms with Crippen LogP contribution in [0.3, 0.4) is 0 Å². The normalized spacial score (nSPS) is 13.2. The van der Waals surface area contributed by atoms with Crippen molar-refractivity contribution >= 4 is 11.6 Å². The Morgan fingerprint density at radius 1 is 1.06 bits per heavy atom. The van der Waals surface area contributed by atoms with E-state index in [2.05, 4.69) is 9.97 Å². The molecule has 1 N–H and O–H groups in total. The van der Waals surface area contributed by atoms with Crippen LogP contribution in [0.15, 0.2) is 30.6 Å². The maximum Gasteiger partial charge on any atom is 0.231 e. The molecule has 0 radical (unpaired) electrons. The summed E-state index contributed by atoms with van der Waals surface area (Å²) in [6.45, 7) is -0.221. The van der Waals surface area contributed by atoms with E-state index in [-0.39, 0.29) is 40.7 Å². The van der Waals surface area contributed by atoms with E-state index in [0.29, 0.717) is 5.56 Å². The van der Waals surface area contributed by atoms with Crippen LogP contribution in [0, 0.1) is 0 Å². The molecule has 0 aromatic carbocycles. The summed E-state index contributed by atoms with van der Waals surface area (Å²) in [6.07, 6.45) is 2.86. The lowest BCUT2D eigenvalue weighted by Gasteiger charge is -2.15. The van der Waals surface area contributed by atoms with Gasteiger partial charge in [0.1, 0.15) is 11.4 Å². The van der Waals surface area contributed by atoms with E-state index in [1.165, 1.54) is 18.5 Å². The zero-order valence-corrected chi connectivity index (χ0v) is 9.25. The van der Waals surface area contributed by atoms with Gasteiger partial charge in [0.25, 0.3) is 0 Å². The quantitative estimate of drug-likeness (QED) is 0.678. The highest BCUT2D eigenvalue weighted by Crippen LogP contribution is 2.24. The lowest BCUT2D eigenvalue weighted by Crippen LogP contribution is -2.23. The molecular weight excluding hydrogens is 232 g/mol. The molecule has 0 unspecified atom stereocenters. The standard InChI is InChI=1S/C13H8N2O3/c16-6-7-4-9-11(15-5-7)13(18)10-8(12(9)17)2-1-3-14-10/h1-5,16H,6H2. The average Bonchev–Trinajstić information content (AvgIpc) is 2.44. The topological polar surface area (TPSA) is 80.2 Å². The Bertz CT molecular complexity index is 680. The number of hydrogen-bond donors (Lipinski definition) is 1. The van der Waals surface area contributed by atoms with Crippen molar-refractivity contribution in [2.45, 2.75) is 6.61 Å². The van der Waals surface area contributed by atoms with E-state index >= 15 is 0 Å². The predicted molar refractivity (Wildman–Crippen MR) is 61.3 cm³/mol. The SMILES string of the molecule is O=C1c2cccnc2C(=O)c2ncc(CO)cc21. The first-order valence-corrected chi connectivity index (χ1v) is 5.36. The zero-order valence-electron chi connectivity index (χ0n) is 9.25. The number of carbonyl (C=O) groups is 2. The molecule has 0 atom stereocenters. The van der Waals surface area contributed by atoms with E-state index in [1.807, 2.05) is 0 Å². The maximum atomic E-state index is 12.2. The van der Waals surface area contributed by atoms with Gasteiger partial charge in [0, 0.05) is 12.4 Å². The van der Waals surface area contributed by atoms with Crippen molar-refractivity contribution in [2.24, 2.45) is 0 Å². The molecule has 0 saturated heterocycles. The molecule has 1 aliphatic rings. The van der Waals surface area contributed by atoms with Gasteiger partial charge in [-0.3, -0.25) is 19.6 Å². The molecular formula is C13H8N2O3. The molecule has 2 heterocycles. The van der Waals surface area contributed by atoms with Crippen molar-refractivity contribution in [3.63, 3.8) is 0 Å². The highest BCUT2D eigenvalue weighted by molar-refractivity contribution is 6.26. The molecule has 0 fully saturated rings. The van der Waals surface area contributed by atoms with E-state index in [1.54, 1.807) is 12.1 Å². The third-order valence-electron chi connectivity index (χ3n) is 2.85. The summed E-state index contributed by atoms with van der Waals surface area (Å²) in [5, 5.41) is 9.04. The van der Waals surface area contributed by atoms with Gasteiger partial charge in [0.15, 0.2) is 5.78 Å². The summed E-state index contributed by atoms with van der Waals surface area (Å²) in [6, 6.07) is 4.67. The van der Waals surface area contributed by atoms with Gasteiger partial charge in [0.2, 0.25) is 5.78 Å². The number of fused-ring (bicyclic) bond motifs is 2. The number of rotatable bonds is 1. The third kappa shape index (κ3) is 1.38. The van der Waals surface area contributed by atoms with Gasteiger partial charge in [-0.15, -0.1) is 0 Å². The number of aromatic nitrogens is 2. The molecule has 5 heteroatoms. The first-order valence-electron chi connectivity index (χ1n) is 5.36. The molecule has 0 bridgehead atoms. The molecule has 2 aromatic rings. The van der Waals surface area contributed by atoms with Gasteiger partial charge in [-0.1, -0.05) is 0 Å². The lowest BCUT2D eigenvalue weighted by molar-refractivity contribution is 0.0971. The molecule has 88 valence electrons. The number of carbonyl (C=O) groups excluding carboxylic acids is 2. The zero-order chi connectivity index (χ0) is 12.7. The van der Waals surface area contributed by atoms with Gasteiger partial charge < -0.3 is 5.11 Å². The van der Waals surface area contributed by atoms with Crippen molar-refractivity contribution in [2.75, 3.05) is 0 Å². The number of nitrogens with zero attached hydrogens (tertiary/aromatic N) is 2. The minimum Gasteiger partial charge on any atom is -0.392 e. The van der Waals surface area contributed by atoms with Crippen LogP contribution in [-0.2, 0) is 6.61 Å². The monoisotopic (exact) mass is 240 g/mol. The van der Waals surface area contributed by atoms with Crippen molar-refractivity contribution in [1.82, 2.24) is 9.97 Å². The fraction of sp³-hybridized carbons (Fsp3) is 0.0769. The van der Waals surface area contributed by atoms with Crippen LogP contribution in [0.1, 0.15) is 37.7 Å². The lowest BCUT2D eigenvalue weighted by atomic mass is 9.90. The number of pyridine rings is 2. The molecule has 18 heavy (non-hydrogen) atoms. The first-order chi connectivity index (χ1) is 8.72. The van der Waals surface area contributed by atoms with Crippen molar-refractivity contribution in [3.05, 3.63) is 58.7 Å². The number of ketones is 2. The molecule has 1 aliphatic carbocycles.